The van der Waals surface area contributed by atoms with E-state index in [2.05, 4.69) is 32.2 Å². The molecule has 4 heterocycles. The number of rotatable bonds is 4. The highest BCUT2D eigenvalue weighted by Gasteiger charge is 2.33. The van der Waals surface area contributed by atoms with Gasteiger partial charge in [-0.15, -0.1) is 0 Å². The van der Waals surface area contributed by atoms with Gasteiger partial charge in [-0.05, 0) is 92.3 Å². The average Bonchev–Trinajstić information content (AvgIpc) is 3.79. The molecule has 0 spiro atoms. The first-order valence-electron chi connectivity index (χ1n) is 13.6. The van der Waals surface area contributed by atoms with Crippen LogP contribution in [-0.4, -0.2) is 75.0 Å². The van der Waals surface area contributed by atoms with Gasteiger partial charge in [0.25, 0.3) is 0 Å². The molecule has 0 atom stereocenters. The van der Waals surface area contributed by atoms with Crippen molar-refractivity contribution in [3.05, 3.63) is 23.4 Å². The zero-order valence-corrected chi connectivity index (χ0v) is 22.1. The Bertz CT molecular complexity index is 1010. The Labute approximate surface area is 213 Å². The Morgan fingerprint density at radius 1 is 0.750 bits per heavy atom. The van der Waals surface area contributed by atoms with Gasteiger partial charge in [-0.25, -0.2) is 4.79 Å². The summed E-state index contributed by atoms with van der Waals surface area (Å²) in [7, 11) is 2.17. The van der Waals surface area contributed by atoms with Gasteiger partial charge in [0.1, 0.15) is 5.60 Å². The van der Waals surface area contributed by atoms with E-state index in [0.29, 0.717) is 30.8 Å². The highest BCUT2D eigenvalue weighted by atomic mass is 16.6. The smallest absolute Gasteiger partial charge is 0.410 e. The molecule has 2 saturated heterocycles. The summed E-state index contributed by atoms with van der Waals surface area (Å²) in [4.78, 5) is 25.2. The molecule has 1 amide bonds. The SMILES string of the molecule is CC(C)(C)OC(=O)N1CCC(c2nc(C3CC3)no2)CC1.CN1CCC(c2nc(C3CC3)no2)CC1. The van der Waals surface area contributed by atoms with Crippen LogP contribution in [0.25, 0.3) is 0 Å². The summed E-state index contributed by atoms with van der Waals surface area (Å²) in [5, 5.41) is 8.14. The van der Waals surface area contributed by atoms with Crippen LogP contribution in [0.4, 0.5) is 4.79 Å². The minimum Gasteiger partial charge on any atom is -0.444 e. The Morgan fingerprint density at radius 3 is 1.61 bits per heavy atom. The van der Waals surface area contributed by atoms with Gasteiger partial charge in [-0.2, -0.15) is 9.97 Å². The van der Waals surface area contributed by atoms with E-state index in [4.69, 9.17) is 13.8 Å². The minimum absolute atomic E-state index is 0.231. The molecule has 0 N–H and O–H groups in total. The van der Waals surface area contributed by atoms with E-state index < -0.39 is 5.60 Å². The van der Waals surface area contributed by atoms with E-state index in [0.717, 1.165) is 62.2 Å². The fourth-order valence-electron chi connectivity index (χ4n) is 4.73. The highest BCUT2D eigenvalue weighted by Crippen LogP contribution is 2.40. The topological polar surface area (TPSA) is 111 Å². The second-order valence-corrected chi connectivity index (χ2v) is 11.8. The first kappa shape index (κ1) is 25.2. The molecule has 10 nitrogen and oxygen atoms in total. The molecule has 2 aliphatic heterocycles. The van der Waals surface area contributed by atoms with Gasteiger partial charge in [0.2, 0.25) is 11.8 Å². The maximum atomic E-state index is 12.0. The van der Waals surface area contributed by atoms with Gasteiger partial charge in [0.05, 0.1) is 0 Å². The molecule has 6 rings (SSSR count). The first-order valence-corrected chi connectivity index (χ1v) is 13.6. The lowest BCUT2D eigenvalue weighted by Crippen LogP contribution is -2.41. The quantitative estimate of drug-likeness (QED) is 0.583. The molecule has 2 aromatic heterocycles. The zero-order valence-electron chi connectivity index (χ0n) is 22.1. The van der Waals surface area contributed by atoms with Crippen molar-refractivity contribution in [1.29, 1.82) is 0 Å². The van der Waals surface area contributed by atoms with Crippen molar-refractivity contribution < 1.29 is 18.6 Å². The number of likely N-dealkylation sites (tertiary alicyclic amines) is 2. The van der Waals surface area contributed by atoms with Crippen LogP contribution in [-0.2, 0) is 4.74 Å². The summed E-state index contributed by atoms with van der Waals surface area (Å²) in [6.45, 7) is 9.31. The molecule has 0 radical (unpaired) electrons. The number of carbonyl (C=O) groups is 1. The molecule has 198 valence electrons. The number of carbonyl (C=O) groups excluding carboxylic acids is 1. The Morgan fingerprint density at radius 2 is 1.19 bits per heavy atom. The van der Waals surface area contributed by atoms with Crippen LogP contribution >= 0.6 is 0 Å². The van der Waals surface area contributed by atoms with Crippen molar-refractivity contribution in [2.75, 3.05) is 33.2 Å². The fraction of sp³-hybridized carbons (Fsp3) is 0.808. The molecule has 36 heavy (non-hydrogen) atoms. The van der Waals surface area contributed by atoms with Crippen LogP contribution in [0.5, 0.6) is 0 Å². The van der Waals surface area contributed by atoms with E-state index in [1.807, 2.05) is 20.8 Å². The number of aromatic nitrogens is 4. The number of nitrogens with zero attached hydrogens (tertiary/aromatic N) is 6. The predicted octanol–water partition coefficient (Wildman–Crippen LogP) is 4.82. The lowest BCUT2D eigenvalue weighted by Gasteiger charge is -2.32. The largest absolute Gasteiger partial charge is 0.444 e. The van der Waals surface area contributed by atoms with Crippen molar-refractivity contribution in [2.24, 2.45) is 0 Å². The summed E-state index contributed by atoms with van der Waals surface area (Å²) in [5.41, 5.74) is -0.445. The third kappa shape index (κ3) is 6.63. The highest BCUT2D eigenvalue weighted by molar-refractivity contribution is 5.68. The summed E-state index contributed by atoms with van der Waals surface area (Å²) in [5.74, 6) is 5.32. The molecule has 0 aromatic carbocycles. The molecular weight excluding hydrogens is 460 g/mol. The van der Waals surface area contributed by atoms with Gasteiger partial charge in [0, 0.05) is 36.8 Å². The summed E-state index contributed by atoms with van der Waals surface area (Å²) >= 11 is 0. The monoisotopic (exact) mass is 500 g/mol. The second kappa shape index (κ2) is 10.5. The maximum absolute atomic E-state index is 12.0. The number of amides is 1. The molecule has 4 aliphatic rings. The number of piperidine rings is 2. The van der Waals surface area contributed by atoms with E-state index in [9.17, 15) is 4.79 Å². The molecular formula is C26H40N6O4. The van der Waals surface area contributed by atoms with Crippen LogP contribution < -0.4 is 0 Å². The van der Waals surface area contributed by atoms with E-state index >= 15 is 0 Å². The second-order valence-electron chi connectivity index (χ2n) is 11.8. The summed E-state index contributed by atoms with van der Waals surface area (Å²) < 4.78 is 16.1. The Hall–Kier alpha value is -2.49. The lowest BCUT2D eigenvalue weighted by atomic mass is 9.97. The van der Waals surface area contributed by atoms with Crippen LogP contribution in [0.2, 0.25) is 0 Å². The molecule has 0 unspecified atom stereocenters. The van der Waals surface area contributed by atoms with E-state index in [-0.39, 0.29) is 12.0 Å². The van der Waals surface area contributed by atoms with Crippen LogP contribution in [0, 0.1) is 0 Å². The Balaban J connectivity index is 0.000000156. The van der Waals surface area contributed by atoms with E-state index in [1.165, 1.54) is 25.7 Å². The van der Waals surface area contributed by atoms with Crippen LogP contribution in [0.1, 0.15) is 119 Å². The standard InChI is InChI=1S/C15H23N3O3.C11H17N3O/c1-15(2,3)20-14(19)18-8-6-11(7-9-18)13-16-12(17-21-13)10-4-5-10;1-14-6-4-9(5-7-14)11-12-10(13-15-11)8-2-3-8/h10-11H,4-9H2,1-3H3;8-9H,2-7H2,1H3. The predicted molar refractivity (Wildman–Crippen MR) is 132 cm³/mol. The van der Waals surface area contributed by atoms with E-state index in [1.54, 1.807) is 4.90 Å². The molecule has 2 aromatic rings. The zero-order chi connectivity index (χ0) is 25.3. The average molecular weight is 501 g/mol. The van der Waals surface area contributed by atoms with Gasteiger partial charge >= 0.3 is 6.09 Å². The molecule has 0 bridgehead atoms. The van der Waals surface area contributed by atoms with Gasteiger partial charge in [-0.1, -0.05) is 10.3 Å². The number of hydrogen-bond acceptors (Lipinski definition) is 9. The van der Waals surface area contributed by atoms with Gasteiger partial charge in [0.15, 0.2) is 11.6 Å². The van der Waals surface area contributed by atoms with Crippen LogP contribution in [0.15, 0.2) is 9.05 Å². The van der Waals surface area contributed by atoms with Crippen molar-refractivity contribution in [2.45, 2.75) is 101 Å². The molecule has 4 fully saturated rings. The summed E-state index contributed by atoms with van der Waals surface area (Å²) in [6, 6.07) is 0. The maximum Gasteiger partial charge on any atom is 0.410 e. The minimum atomic E-state index is -0.445. The van der Waals surface area contributed by atoms with Crippen molar-refractivity contribution in [1.82, 2.24) is 30.1 Å². The number of ether oxygens (including phenoxy) is 1. The third-order valence-electron chi connectivity index (χ3n) is 7.36. The molecule has 2 aliphatic carbocycles. The van der Waals surface area contributed by atoms with Crippen molar-refractivity contribution >= 4 is 6.09 Å². The van der Waals surface area contributed by atoms with Crippen molar-refractivity contribution in [3.8, 4) is 0 Å². The lowest BCUT2D eigenvalue weighted by molar-refractivity contribution is 0.0198. The third-order valence-corrected chi connectivity index (χ3v) is 7.36. The molecule has 10 heteroatoms. The fourth-order valence-corrected chi connectivity index (χ4v) is 4.73. The molecule has 2 saturated carbocycles. The normalized spacial score (nSPS) is 22.3. The summed E-state index contributed by atoms with van der Waals surface area (Å²) in [6.07, 6.45) is 8.62. The van der Waals surface area contributed by atoms with Crippen molar-refractivity contribution in [3.63, 3.8) is 0 Å². The Kier molecular flexibility index (Phi) is 7.32. The van der Waals surface area contributed by atoms with Crippen LogP contribution in [0.3, 0.4) is 0 Å². The number of hydrogen-bond donors (Lipinski definition) is 0. The first-order chi connectivity index (χ1) is 17.2. The van der Waals surface area contributed by atoms with Gasteiger partial charge in [-0.3, -0.25) is 0 Å². The van der Waals surface area contributed by atoms with Gasteiger partial charge < -0.3 is 23.6 Å².